The van der Waals surface area contributed by atoms with Crippen LogP contribution >= 0.6 is 0 Å². The molecule has 1 aliphatic heterocycles. The maximum atomic E-state index is 13.0. The summed E-state index contributed by atoms with van der Waals surface area (Å²) in [4.78, 5) is 13.0. The van der Waals surface area contributed by atoms with Gasteiger partial charge in [0.15, 0.2) is 6.29 Å². The van der Waals surface area contributed by atoms with Gasteiger partial charge in [-0.25, -0.2) is 0 Å². The fraction of sp³-hybridized carbons (Fsp3) is 0.980. The summed E-state index contributed by atoms with van der Waals surface area (Å²) in [6, 6.07) is -0.711. The molecule has 9 heteroatoms. The third-order valence-electron chi connectivity index (χ3n) is 12.7. The van der Waals surface area contributed by atoms with Gasteiger partial charge < -0.3 is 40.3 Å². The molecule has 59 heavy (non-hydrogen) atoms. The predicted octanol–water partition coefficient (Wildman–Crippen LogP) is 11.5. The van der Waals surface area contributed by atoms with Gasteiger partial charge in [-0.05, 0) is 12.8 Å². The van der Waals surface area contributed by atoms with Gasteiger partial charge in [-0.1, -0.05) is 239 Å². The average molecular weight is 842 g/mol. The van der Waals surface area contributed by atoms with E-state index < -0.39 is 49.5 Å². The van der Waals surface area contributed by atoms with Gasteiger partial charge in [0, 0.05) is 6.42 Å². The van der Waals surface area contributed by atoms with Gasteiger partial charge in [0.2, 0.25) is 5.91 Å². The van der Waals surface area contributed by atoms with Crippen LogP contribution in [0.1, 0.15) is 258 Å². The summed E-state index contributed by atoms with van der Waals surface area (Å²) in [6.07, 6.45) is 39.8. The zero-order valence-electron chi connectivity index (χ0n) is 38.8. The van der Waals surface area contributed by atoms with Gasteiger partial charge in [-0.2, -0.15) is 0 Å². The van der Waals surface area contributed by atoms with Crippen LogP contribution in [-0.2, 0) is 14.3 Å². The molecular weight excluding hydrogens is 743 g/mol. The number of amides is 1. The summed E-state index contributed by atoms with van der Waals surface area (Å²) >= 11 is 0. The lowest BCUT2D eigenvalue weighted by Gasteiger charge is -2.40. The van der Waals surface area contributed by atoms with Crippen molar-refractivity contribution in [3.8, 4) is 0 Å². The summed E-state index contributed by atoms with van der Waals surface area (Å²) in [5.41, 5.74) is 0. The monoisotopic (exact) mass is 842 g/mol. The average Bonchev–Trinajstić information content (AvgIpc) is 3.23. The second kappa shape index (κ2) is 41.2. The van der Waals surface area contributed by atoms with E-state index in [4.69, 9.17) is 9.47 Å². The summed E-state index contributed by atoms with van der Waals surface area (Å²) in [5, 5.41) is 54.4. The molecule has 9 nitrogen and oxygen atoms in total. The highest BCUT2D eigenvalue weighted by atomic mass is 16.7. The normalized spacial score (nSPS) is 20.6. The van der Waals surface area contributed by atoms with Gasteiger partial charge in [-0.3, -0.25) is 4.79 Å². The summed E-state index contributed by atoms with van der Waals surface area (Å²) in [7, 11) is 0. The Balaban J connectivity index is 2.21. The van der Waals surface area contributed by atoms with Crippen molar-refractivity contribution < 1.29 is 39.8 Å². The van der Waals surface area contributed by atoms with Crippen molar-refractivity contribution in [2.75, 3.05) is 13.2 Å². The van der Waals surface area contributed by atoms with Crippen LogP contribution in [0.2, 0.25) is 0 Å². The van der Waals surface area contributed by atoms with Crippen LogP contribution in [0, 0.1) is 0 Å². The number of ether oxygens (including phenoxy) is 2. The van der Waals surface area contributed by atoms with E-state index >= 15 is 0 Å². The number of hydrogen-bond acceptors (Lipinski definition) is 8. The second-order valence-electron chi connectivity index (χ2n) is 18.3. The van der Waals surface area contributed by atoms with E-state index in [0.29, 0.717) is 12.8 Å². The number of carbonyl (C=O) groups excluding carboxylic acids is 1. The summed E-state index contributed by atoms with van der Waals surface area (Å²) in [6.45, 7) is 3.86. The molecule has 7 atom stereocenters. The van der Waals surface area contributed by atoms with Crippen LogP contribution in [0.3, 0.4) is 0 Å². The number of carbonyl (C=O) groups is 1. The van der Waals surface area contributed by atoms with Crippen molar-refractivity contribution in [3.05, 3.63) is 0 Å². The molecule has 1 fully saturated rings. The minimum Gasteiger partial charge on any atom is -0.394 e. The Morgan fingerprint density at radius 1 is 0.508 bits per heavy atom. The molecular formula is C50H99NO8. The van der Waals surface area contributed by atoms with E-state index in [1.54, 1.807) is 0 Å². The van der Waals surface area contributed by atoms with Crippen molar-refractivity contribution in [2.24, 2.45) is 0 Å². The molecule has 0 radical (unpaired) electrons. The third-order valence-corrected chi connectivity index (χ3v) is 12.7. The van der Waals surface area contributed by atoms with Crippen molar-refractivity contribution >= 4 is 5.91 Å². The standard InChI is InChI=1S/C50H99NO8/c1-3-5-7-9-11-13-15-17-18-19-20-21-22-23-24-25-26-28-30-32-34-36-38-40-46(54)51-43(42-58-50-49(57)48(56)47(55)45(41-52)59-50)44(53)39-37-35-33-31-29-27-16-14-12-10-8-6-4-2/h43-45,47-50,52-53,55-57H,3-42H2,1-2H3,(H,51,54)/t43-,44-,45+,47-,48-,49+,50-/m0/s1. The first-order valence-corrected chi connectivity index (χ1v) is 25.7. The Labute approximate surface area is 364 Å². The third kappa shape index (κ3) is 31.6. The minimum atomic E-state index is -1.55. The largest absolute Gasteiger partial charge is 0.394 e. The molecule has 0 spiro atoms. The zero-order valence-corrected chi connectivity index (χ0v) is 38.8. The Morgan fingerprint density at radius 2 is 0.847 bits per heavy atom. The molecule has 0 bridgehead atoms. The van der Waals surface area contributed by atoms with Crippen LogP contribution in [-0.4, -0.2) is 87.5 Å². The fourth-order valence-corrected chi connectivity index (χ4v) is 8.58. The quantitative estimate of drug-likeness (QED) is 0.0332. The Morgan fingerprint density at radius 3 is 1.20 bits per heavy atom. The highest BCUT2D eigenvalue weighted by Gasteiger charge is 2.44. The van der Waals surface area contributed by atoms with Gasteiger partial charge in [-0.15, -0.1) is 0 Å². The Kier molecular flexibility index (Phi) is 39.3. The molecule has 0 unspecified atom stereocenters. The molecule has 1 heterocycles. The molecule has 1 rings (SSSR count). The summed E-state index contributed by atoms with van der Waals surface area (Å²) < 4.78 is 11.3. The smallest absolute Gasteiger partial charge is 0.220 e. The van der Waals surface area contributed by atoms with Gasteiger partial charge in [0.25, 0.3) is 0 Å². The lowest BCUT2D eigenvalue weighted by atomic mass is 9.99. The number of hydrogen-bond donors (Lipinski definition) is 6. The number of aliphatic hydroxyl groups is 5. The number of aliphatic hydroxyl groups excluding tert-OH is 5. The minimum absolute atomic E-state index is 0.132. The first kappa shape index (κ1) is 56.2. The van der Waals surface area contributed by atoms with Crippen LogP contribution < -0.4 is 5.32 Å². The lowest BCUT2D eigenvalue weighted by Crippen LogP contribution is -2.60. The van der Waals surface area contributed by atoms with Crippen molar-refractivity contribution in [1.82, 2.24) is 5.32 Å². The first-order valence-electron chi connectivity index (χ1n) is 25.7. The highest BCUT2D eigenvalue weighted by Crippen LogP contribution is 2.23. The van der Waals surface area contributed by atoms with Crippen molar-refractivity contribution in [3.63, 3.8) is 0 Å². The second-order valence-corrected chi connectivity index (χ2v) is 18.3. The molecule has 0 aromatic heterocycles. The Bertz CT molecular complexity index is 893. The van der Waals surface area contributed by atoms with Gasteiger partial charge in [0.1, 0.15) is 24.4 Å². The number of rotatable bonds is 44. The van der Waals surface area contributed by atoms with E-state index in [1.807, 2.05) is 0 Å². The maximum Gasteiger partial charge on any atom is 0.220 e. The van der Waals surface area contributed by atoms with Crippen molar-refractivity contribution in [1.29, 1.82) is 0 Å². The molecule has 0 aliphatic carbocycles. The fourth-order valence-electron chi connectivity index (χ4n) is 8.58. The molecule has 6 N–H and O–H groups in total. The molecule has 1 aliphatic rings. The van der Waals surface area contributed by atoms with E-state index in [9.17, 15) is 30.3 Å². The van der Waals surface area contributed by atoms with E-state index in [1.165, 1.54) is 193 Å². The topological polar surface area (TPSA) is 149 Å². The van der Waals surface area contributed by atoms with E-state index in [-0.39, 0.29) is 12.5 Å². The lowest BCUT2D eigenvalue weighted by molar-refractivity contribution is -0.302. The maximum absolute atomic E-state index is 13.0. The molecule has 0 aromatic rings. The predicted molar refractivity (Wildman–Crippen MR) is 244 cm³/mol. The van der Waals surface area contributed by atoms with Gasteiger partial charge >= 0.3 is 0 Å². The van der Waals surface area contributed by atoms with Gasteiger partial charge in [0.05, 0.1) is 25.4 Å². The van der Waals surface area contributed by atoms with Crippen LogP contribution in [0.25, 0.3) is 0 Å². The van der Waals surface area contributed by atoms with Crippen LogP contribution in [0.4, 0.5) is 0 Å². The zero-order chi connectivity index (χ0) is 43.0. The molecule has 0 saturated carbocycles. The first-order chi connectivity index (χ1) is 28.8. The molecule has 1 amide bonds. The number of unbranched alkanes of at least 4 members (excludes halogenated alkanes) is 34. The molecule has 0 aromatic carbocycles. The molecule has 1 saturated heterocycles. The Hall–Kier alpha value is -0.810. The summed E-state index contributed by atoms with van der Waals surface area (Å²) in [5.74, 6) is -0.139. The van der Waals surface area contributed by atoms with Crippen molar-refractivity contribution in [2.45, 2.75) is 301 Å². The SMILES string of the molecule is CCCCCCCCCCCCCCCCCCCCCCCCCC(=O)N[C@@H](CO[C@H]1O[C@H](CO)[C@H](O)[C@H](O)[C@H]1O)[C@@H](O)CCCCCCCCCCCCCCC. The van der Waals surface area contributed by atoms with E-state index in [2.05, 4.69) is 19.2 Å². The highest BCUT2D eigenvalue weighted by molar-refractivity contribution is 5.76. The van der Waals surface area contributed by atoms with Crippen LogP contribution in [0.15, 0.2) is 0 Å². The number of nitrogens with one attached hydrogen (secondary N) is 1. The van der Waals surface area contributed by atoms with E-state index in [0.717, 1.165) is 38.5 Å². The van der Waals surface area contributed by atoms with Crippen LogP contribution in [0.5, 0.6) is 0 Å². The molecule has 352 valence electrons.